The van der Waals surface area contributed by atoms with Gasteiger partial charge in [0.2, 0.25) is 0 Å². The highest BCUT2D eigenvalue weighted by molar-refractivity contribution is 7.09. The van der Waals surface area contributed by atoms with Crippen LogP contribution in [0, 0.1) is 0 Å². The fourth-order valence-corrected chi connectivity index (χ4v) is 2.76. The minimum atomic E-state index is 0.469. The molecule has 1 aromatic carbocycles. The van der Waals surface area contributed by atoms with E-state index >= 15 is 0 Å². The molecule has 0 fully saturated rings. The average Bonchev–Trinajstić information content (AvgIpc) is 2.94. The molecule has 0 bridgehead atoms. The van der Waals surface area contributed by atoms with Crippen LogP contribution >= 0.6 is 11.3 Å². The highest BCUT2D eigenvalue weighted by Crippen LogP contribution is 2.21. The zero-order chi connectivity index (χ0) is 13.9. The predicted octanol–water partition coefficient (Wildman–Crippen LogP) is 4.39. The zero-order valence-corrected chi connectivity index (χ0v) is 12.4. The Balaban J connectivity index is 1.72. The number of pyridine rings is 1. The summed E-state index contributed by atoms with van der Waals surface area (Å²) in [6.45, 7) is 4.79. The van der Waals surface area contributed by atoms with Gasteiger partial charge in [0.05, 0.1) is 22.4 Å². The molecule has 0 spiro atoms. The first-order valence-corrected chi connectivity index (χ1v) is 7.52. The van der Waals surface area contributed by atoms with Crippen molar-refractivity contribution in [3.63, 3.8) is 0 Å². The lowest BCUT2D eigenvalue weighted by Gasteiger charge is -2.05. The normalized spacial score (nSPS) is 11.2. The Morgan fingerprint density at radius 3 is 2.90 bits per heavy atom. The quantitative estimate of drug-likeness (QED) is 0.712. The second-order valence-electron chi connectivity index (χ2n) is 4.98. The first-order chi connectivity index (χ1) is 9.72. The van der Waals surface area contributed by atoms with Crippen molar-refractivity contribution in [2.75, 3.05) is 0 Å². The third kappa shape index (κ3) is 2.80. The summed E-state index contributed by atoms with van der Waals surface area (Å²) in [4.78, 5) is 8.94. The van der Waals surface area contributed by atoms with Gasteiger partial charge in [0.1, 0.15) is 12.4 Å². The third-order valence-corrected chi connectivity index (χ3v) is 4.21. The monoisotopic (exact) mass is 284 g/mol. The molecule has 20 heavy (non-hydrogen) atoms. The molecule has 3 nitrogen and oxygen atoms in total. The van der Waals surface area contributed by atoms with Crippen LogP contribution in [0.25, 0.3) is 10.9 Å². The Labute approximate surface area is 122 Å². The number of fused-ring (bicyclic) bond motifs is 1. The van der Waals surface area contributed by atoms with Gasteiger partial charge in [0.25, 0.3) is 0 Å². The van der Waals surface area contributed by atoms with E-state index in [-0.39, 0.29) is 0 Å². The first-order valence-electron chi connectivity index (χ1n) is 6.64. The molecule has 0 atom stereocenters. The number of nitrogens with zero attached hydrogens (tertiary/aromatic N) is 2. The van der Waals surface area contributed by atoms with Gasteiger partial charge in [-0.2, -0.15) is 0 Å². The minimum Gasteiger partial charge on any atom is -0.486 e. The fourth-order valence-electron chi connectivity index (χ4n) is 1.94. The molecule has 0 saturated carbocycles. The van der Waals surface area contributed by atoms with Gasteiger partial charge >= 0.3 is 0 Å². The van der Waals surface area contributed by atoms with Crippen LogP contribution in [0.15, 0.2) is 41.9 Å². The first kappa shape index (κ1) is 13.1. The van der Waals surface area contributed by atoms with Gasteiger partial charge < -0.3 is 4.74 Å². The lowest BCUT2D eigenvalue weighted by atomic mass is 10.2. The maximum Gasteiger partial charge on any atom is 0.138 e. The number of thiazole rings is 1. The molecule has 0 aliphatic rings. The van der Waals surface area contributed by atoms with Gasteiger partial charge in [0.15, 0.2) is 0 Å². The molecule has 0 aliphatic carbocycles. The largest absolute Gasteiger partial charge is 0.486 e. The Bertz CT molecular complexity index is 721. The molecule has 0 aliphatic heterocycles. The molecule has 2 aromatic heterocycles. The summed E-state index contributed by atoms with van der Waals surface area (Å²) in [5, 5.41) is 4.30. The molecule has 0 unspecified atom stereocenters. The molecule has 3 rings (SSSR count). The van der Waals surface area contributed by atoms with Crippen molar-refractivity contribution in [3.05, 3.63) is 52.6 Å². The van der Waals surface area contributed by atoms with E-state index in [2.05, 4.69) is 29.2 Å². The molecular weight excluding hydrogens is 268 g/mol. The summed E-state index contributed by atoms with van der Waals surface area (Å²) in [7, 11) is 0. The van der Waals surface area contributed by atoms with Crippen molar-refractivity contribution in [1.29, 1.82) is 0 Å². The van der Waals surface area contributed by atoms with Crippen molar-refractivity contribution in [3.8, 4) is 5.75 Å². The molecule has 0 radical (unpaired) electrons. The topological polar surface area (TPSA) is 35.0 Å². The highest BCUT2D eigenvalue weighted by atomic mass is 32.1. The van der Waals surface area contributed by atoms with Crippen molar-refractivity contribution in [1.82, 2.24) is 9.97 Å². The molecule has 2 heterocycles. The van der Waals surface area contributed by atoms with Gasteiger partial charge in [-0.15, -0.1) is 11.3 Å². The molecular formula is C16H16N2OS. The number of rotatable bonds is 4. The Hall–Kier alpha value is -1.94. The number of hydrogen-bond acceptors (Lipinski definition) is 4. The fraction of sp³-hybridized carbons (Fsp3) is 0.250. The van der Waals surface area contributed by atoms with E-state index in [1.165, 1.54) is 0 Å². The van der Waals surface area contributed by atoms with Crippen LogP contribution in [0.2, 0.25) is 0 Å². The van der Waals surface area contributed by atoms with Crippen LogP contribution in [0.4, 0.5) is 0 Å². The van der Waals surface area contributed by atoms with Crippen LogP contribution in [0.3, 0.4) is 0 Å². The summed E-state index contributed by atoms with van der Waals surface area (Å²) in [5.74, 6) is 1.25. The number of ether oxygens (including phenoxy) is 1. The van der Waals surface area contributed by atoms with E-state index in [0.29, 0.717) is 12.5 Å². The molecule has 4 heteroatoms. The summed E-state index contributed by atoms with van der Waals surface area (Å²) >= 11 is 1.69. The predicted molar refractivity (Wildman–Crippen MR) is 82.3 cm³/mol. The number of benzene rings is 1. The summed E-state index contributed by atoms with van der Waals surface area (Å²) in [6, 6.07) is 10.0. The molecule has 0 saturated heterocycles. The number of aromatic nitrogens is 2. The second kappa shape index (κ2) is 5.59. The maximum absolute atomic E-state index is 5.77. The van der Waals surface area contributed by atoms with Crippen LogP contribution in [0.1, 0.15) is 30.5 Å². The molecule has 3 aromatic rings. The smallest absolute Gasteiger partial charge is 0.138 e. The molecule has 0 amide bonds. The van der Waals surface area contributed by atoms with Gasteiger partial charge in [0, 0.05) is 16.7 Å². The van der Waals surface area contributed by atoms with Crippen molar-refractivity contribution in [2.24, 2.45) is 0 Å². The summed E-state index contributed by atoms with van der Waals surface area (Å²) < 4.78 is 5.77. The van der Waals surface area contributed by atoms with E-state index in [0.717, 1.165) is 27.4 Å². The van der Waals surface area contributed by atoms with Gasteiger partial charge in [-0.25, -0.2) is 4.98 Å². The Morgan fingerprint density at radius 1 is 1.25 bits per heavy atom. The standard InChI is InChI=1S/C16H16N2OS/c1-11(2)16-18-13(10-20-16)9-19-14-7-12-5-3-4-6-15(12)17-8-14/h3-8,10-11H,9H2,1-2H3. The van der Waals surface area contributed by atoms with E-state index in [1.54, 1.807) is 17.5 Å². The minimum absolute atomic E-state index is 0.469. The summed E-state index contributed by atoms with van der Waals surface area (Å²) in [6.07, 6.45) is 1.76. The van der Waals surface area contributed by atoms with Gasteiger partial charge in [-0.1, -0.05) is 32.0 Å². The van der Waals surface area contributed by atoms with Crippen LogP contribution < -0.4 is 4.74 Å². The van der Waals surface area contributed by atoms with E-state index in [9.17, 15) is 0 Å². The van der Waals surface area contributed by atoms with Crippen molar-refractivity contribution in [2.45, 2.75) is 26.4 Å². The van der Waals surface area contributed by atoms with E-state index in [1.807, 2.05) is 30.3 Å². The molecule has 0 N–H and O–H groups in total. The number of hydrogen-bond donors (Lipinski definition) is 0. The summed E-state index contributed by atoms with van der Waals surface area (Å²) in [5.41, 5.74) is 1.96. The highest BCUT2D eigenvalue weighted by Gasteiger charge is 2.06. The Morgan fingerprint density at radius 2 is 2.10 bits per heavy atom. The average molecular weight is 284 g/mol. The lowest BCUT2D eigenvalue weighted by Crippen LogP contribution is -1.97. The molecule has 102 valence electrons. The van der Waals surface area contributed by atoms with E-state index < -0.39 is 0 Å². The lowest BCUT2D eigenvalue weighted by molar-refractivity contribution is 0.301. The second-order valence-corrected chi connectivity index (χ2v) is 5.87. The number of para-hydroxylation sites is 1. The maximum atomic E-state index is 5.77. The third-order valence-electron chi connectivity index (χ3n) is 3.02. The van der Waals surface area contributed by atoms with Gasteiger partial charge in [-0.05, 0) is 12.1 Å². The van der Waals surface area contributed by atoms with Crippen LogP contribution in [-0.2, 0) is 6.61 Å². The van der Waals surface area contributed by atoms with Crippen molar-refractivity contribution < 1.29 is 4.74 Å². The zero-order valence-electron chi connectivity index (χ0n) is 11.5. The van der Waals surface area contributed by atoms with Crippen LogP contribution in [-0.4, -0.2) is 9.97 Å². The van der Waals surface area contributed by atoms with Crippen molar-refractivity contribution >= 4 is 22.2 Å². The SMILES string of the molecule is CC(C)c1nc(COc2cnc3ccccc3c2)cs1. The van der Waals surface area contributed by atoms with Crippen LogP contribution in [0.5, 0.6) is 5.75 Å². The Kier molecular flexibility index (Phi) is 3.65. The van der Waals surface area contributed by atoms with E-state index in [4.69, 9.17) is 4.74 Å². The van der Waals surface area contributed by atoms with Gasteiger partial charge in [-0.3, -0.25) is 4.98 Å².